The molecule has 0 spiro atoms. The van der Waals surface area contributed by atoms with E-state index in [-0.39, 0.29) is 0 Å². The van der Waals surface area contributed by atoms with E-state index < -0.39 is 0 Å². The Hall–Kier alpha value is -1.56. The monoisotopic (exact) mass is 133 g/mol. The van der Waals surface area contributed by atoms with Crippen LogP contribution in [0.15, 0.2) is 12.1 Å². The zero-order chi connectivity index (χ0) is 7.56. The van der Waals surface area contributed by atoms with Gasteiger partial charge in [-0.2, -0.15) is 0 Å². The molecule has 0 unspecified atom stereocenters. The zero-order valence-electron chi connectivity index (χ0n) is 5.63. The third kappa shape index (κ3) is 1.06. The van der Waals surface area contributed by atoms with Gasteiger partial charge in [-0.3, -0.25) is 0 Å². The maximum atomic E-state index is 6.69. The fourth-order valence-corrected chi connectivity index (χ4v) is 0.646. The van der Waals surface area contributed by atoms with Crippen molar-refractivity contribution < 1.29 is 0 Å². The first-order valence-corrected chi connectivity index (χ1v) is 2.84. The molecule has 0 aromatic carbocycles. The summed E-state index contributed by atoms with van der Waals surface area (Å²) >= 11 is 0. The number of nitrogens with zero attached hydrogens (tertiary/aromatic N) is 2. The Morgan fingerprint density at radius 3 is 2.80 bits per heavy atom. The van der Waals surface area contributed by atoms with E-state index in [0.717, 1.165) is 5.56 Å². The molecule has 0 bridgehead atoms. The van der Waals surface area contributed by atoms with Crippen LogP contribution in [0.25, 0.3) is 4.85 Å². The molecule has 0 fully saturated rings. The van der Waals surface area contributed by atoms with Crippen LogP contribution in [0.1, 0.15) is 5.56 Å². The van der Waals surface area contributed by atoms with Crippen molar-refractivity contribution in [2.45, 2.75) is 6.92 Å². The molecule has 0 amide bonds. The van der Waals surface area contributed by atoms with E-state index in [1.807, 2.05) is 6.92 Å². The van der Waals surface area contributed by atoms with Gasteiger partial charge >= 0.3 is 0 Å². The van der Waals surface area contributed by atoms with E-state index in [1.165, 1.54) is 0 Å². The van der Waals surface area contributed by atoms with Crippen molar-refractivity contribution in [2.75, 3.05) is 5.73 Å². The molecule has 50 valence electrons. The molecule has 0 aliphatic rings. The van der Waals surface area contributed by atoms with Crippen LogP contribution in [0.4, 0.5) is 11.6 Å². The van der Waals surface area contributed by atoms with Crippen molar-refractivity contribution >= 4 is 11.6 Å². The van der Waals surface area contributed by atoms with Crippen molar-refractivity contribution in [2.24, 2.45) is 0 Å². The lowest BCUT2D eigenvalue weighted by molar-refractivity contribution is 1.30. The molecule has 0 atom stereocenters. The van der Waals surface area contributed by atoms with Gasteiger partial charge in [-0.15, -0.1) is 4.98 Å². The maximum absolute atomic E-state index is 6.69. The summed E-state index contributed by atoms with van der Waals surface area (Å²) in [7, 11) is 0. The van der Waals surface area contributed by atoms with Crippen LogP contribution in [-0.2, 0) is 0 Å². The minimum atomic E-state index is 0.389. The maximum Gasteiger partial charge on any atom is 0.274 e. The van der Waals surface area contributed by atoms with Gasteiger partial charge in [-0.1, -0.05) is 12.6 Å². The summed E-state index contributed by atoms with van der Waals surface area (Å²) in [6, 6.07) is 3.47. The van der Waals surface area contributed by atoms with Crippen LogP contribution >= 0.6 is 0 Å². The number of hydrogen-bond donors (Lipinski definition) is 1. The minimum Gasteiger partial charge on any atom is -0.364 e. The predicted molar refractivity (Wildman–Crippen MR) is 39.6 cm³/mol. The normalized spacial score (nSPS) is 8.80. The Morgan fingerprint density at radius 2 is 2.30 bits per heavy atom. The fraction of sp³-hybridized carbons (Fsp3) is 0.143. The second kappa shape index (κ2) is 2.36. The Bertz CT molecular complexity index is 285. The van der Waals surface area contributed by atoms with Crippen molar-refractivity contribution in [1.29, 1.82) is 0 Å². The first-order chi connectivity index (χ1) is 4.74. The molecule has 0 aliphatic heterocycles. The highest BCUT2D eigenvalue weighted by Gasteiger charge is 1.98. The molecule has 3 heteroatoms. The van der Waals surface area contributed by atoms with Gasteiger partial charge in [0.15, 0.2) is 0 Å². The van der Waals surface area contributed by atoms with Gasteiger partial charge in [0.1, 0.15) is 0 Å². The summed E-state index contributed by atoms with van der Waals surface area (Å²) in [5, 5.41) is 0. The third-order valence-corrected chi connectivity index (χ3v) is 1.20. The lowest BCUT2D eigenvalue weighted by Gasteiger charge is -1.93. The van der Waals surface area contributed by atoms with E-state index in [4.69, 9.17) is 12.3 Å². The Morgan fingerprint density at radius 1 is 1.60 bits per heavy atom. The summed E-state index contributed by atoms with van der Waals surface area (Å²) < 4.78 is 0. The molecule has 1 aromatic heterocycles. The van der Waals surface area contributed by atoms with Gasteiger partial charge in [-0.25, -0.2) is 0 Å². The highest BCUT2D eigenvalue weighted by molar-refractivity contribution is 5.49. The van der Waals surface area contributed by atoms with E-state index in [9.17, 15) is 0 Å². The SMILES string of the molecule is [C-]#[N+]c1nc(N)ccc1C. The predicted octanol–water partition coefficient (Wildman–Crippen LogP) is 1.52. The van der Waals surface area contributed by atoms with Crippen molar-refractivity contribution in [1.82, 2.24) is 4.98 Å². The van der Waals surface area contributed by atoms with Gasteiger partial charge in [0, 0.05) is 6.07 Å². The number of hydrogen-bond acceptors (Lipinski definition) is 2. The van der Waals surface area contributed by atoms with Crippen molar-refractivity contribution in [3.05, 3.63) is 29.1 Å². The minimum absolute atomic E-state index is 0.389. The Kier molecular flexibility index (Phi) is 1.55. The first-order valence-electron chi connectivity index (χ1n) is 2.84. The van der Waals surface area contributed by atoms with E-state index in [2.05, 4.69) is 9.83 Å². The largest absolute Gasteiger partial charge is 0.364 e. The average Bonchev–Trinajstić information content (AvgIpc) is 1.94. The smallest absolute Gasteiger partial charge is 0.274 e. The molecule has 3 nitrogen and oxygen atoms in total. The lowest BCUT2D eigenvalue weighted by atomic mass is 10.3. The average molecular weight is 133 g/mol. The van der Waals surface area contributed by atoms with Crippen molar-refractivity contribution in [3.63, 3.8) is 0 Å². The van der Waals surface area contributed by atoms with Crippen LogP contribution in [0.3, 0.4) is 0 Å². The molecular formula is C7H7N3. The number of anilines is 1. The molecule has 2 N–H and O–H groups in total. The number of aryl methyl sites for hydroxylation is 1. The van der Waals surface area contributed by atoms with Crippen LogP contribution < -0.4 is 5.73 Å². The Labute approximate surface area is 59.3 Å². The number of pyridine rings is 1. The highest BCUT2D eigenvalue weighted by Crippen LogP contribution is 2.15. The van der Waals surface area contributed by atoms with Gasteiger partial charge in [0.05, 0.1) is 0 Å². The summed E-state index contributed by atoms with van der Waals surface area (Å²) in [6.45, 7) is 8.52. The quantitative estimate of drug-likeness (QED) is 0.545. The van der Waals surface area contributed by atoms with Gasteiger partial charge in [0.25, 0.3) is 5.82 Å². The van der Waals surface area contributed by atoms with Crippen LogP contribution in [0.5, 0.6) is 0 Å². The fourth-order valence-electron chi connectivity index (χ4n) is 0.646. The molecule has 0 radical (unpaired) electrons. The second-order valence-corrected chi connectivity index (χ2v) is 1.99. The second-order valence-electron chi connectivity index (χ2n) is 1.99. The highest BCUT2D eigenvalue weighted by atomic mass is 14.9. The van der Waals surface area contributed by atoms with Crippen LogP contribution in [0.2, 0.25) is 0 Å². The molecule has 1 rings (SSSR count). The van der Waals surface area contributed by atoms with E-state index in [1.54, 1.807) is 12.1 Å². The van der Waals surface area contributed by atoms with Gasteiger partial charge in [-0.05, 0) is 12.5 Å². The topological polar surface area (TPSA) is 43.3 Å². The molecule has 1 aromatic rings. The number of nitrogens with two attached hydrogens (primary N) is 1. The summed E-state index contributed by atoms with van der Waals surface area (Å²) in [5.74, 6) is 0.789. The standard InChI is InChI=1S/C7H7N3/c1-5-3-4-6(8)10-7(5)9-2/h3-4H,1H3,(H2,8,10). The number of aromatic nitrogens is 1. The molecule has 0 saturated carbocycles. The number of nitrogen functional groups attached to an aromatic ring is 1. The lowest BCUT2D eigenvalue weighted by Crippen LogP contribution is -1.89. The molecule has 1 heterocycles. The molecule has 0 aliphatic carbocycles. The zero-order valence-corrected chi connectivity index (χ0v) is 5.63. The van der Waals surface area contributed by atoms with Crippen molar-refractivity contribution in [3.8, 4) is 0 Å². The molecule has 0 saturated heterocycles. The summed E-state index contributed by atoms with van der Waals surface area (Å²) in [5.41, 5.74) is 6.21. The first kappa shape index (κ1) is 6.56. The van der Waals surface area contributed by atoms with Gasteiger partial charge < -0.3 is 10.6 Å². The van der Waals surface area contributed by atoms with Gasteiger partial charge in [0.2, 0.25) is 5.82 Å². The molecular weight excluding hydrogens is 126 g/mol. The van der Waals surface area contributed by atoms with Crippen LogP contribution in [-0.4, -0.2) is 4.98 Å². The number of rotatable bonds is 0. The summed E-state index contributed by atoms with van der Waals surface area (Å²) in [6.07, 6.45) is 0. The van der Waals surface area contributed by atoms with Crippen LogP contribution in [0, 0.1) is 13.5 Å². The Balaban J connectivity index is 3.25. The third-order valence-electron chi connectivity index (χ3n) is 1.20. The van der Waals surface area contributed by atoms with E-state index in [0.29, 0.717) is 11.6 Å². The molecule has 10 heavy (non-hydrogen) atoms. The van der Waals surface area contributed by atoms with E-state index >= 15 is 0 Å². The summed E-state index contributed by atoms with van der Waals surface area (Å²) in [4.78, 5) is 7.00.